The molecule has 0 aromatic heterocycles. The molecule has 3 nitrogen and oxygen atoms in total. The van der Waals surface area contributed by atoms with Gasteiger partial charge in [0.1, 0.15) is 0 Å². The predicted molar refractivity (Wildman–Crippen MR) is 77.8 cm³/mol. The Kier molecular flexibility index (Phi) is 3.13. The normalized spacial score (nSPS) is 23.5. The molecule has 0 amide bonds. The molecule has 1 aromatic carbocycles. The van der Waals surface area contributed by atoms with E-state index in [2.05, 4.69) is 6.58 Å². The van der Waals surface area contributed by atoms with E-state index in [0.29, 0.717) is 13.0 Å². The Bertz CT molecular complexity index is 606. The molecule has 0 bridgehead atoms. The van der Waals surface area contributed by atoms with Gasteiger partial charge in [0, 0.05) is 6.54 Å². The van der Waals surface area contributed by atoms with Gasteiger partial charge in [-0.15, -0.1) is 0 Å². The number of allylic oxidation sites excluding steroid dienone is 1. The van der Waals surface area contributed by atoms with Gasteiger partial charge in [0.25, 0.3) is 0 Å². The van der Waals surface area contributed by atoms with Gasteiger partial charge in [-0.1, -0.05) is 30.4 Å². The lowest BCUT2D eigenvalue weighted by Gasteiger charge is -2.29. The predicted octanol–water partition coefficient (Wildman–Crippen LogP) is 2.88. The lowest BCUT2D eigenvalue weighted by molar-refractivity contribution is 0.537. The van der Waals surface area contributed by atoms with Crippen molar-refractivity contribution >= 4 is 15.7 Å². The summed E-state index contributed by atoms with van der Waals surface area (Å²) in [5.41, 5.74) is 3.09. The first-order valence-corrected chi connectivity index (χ1v) is 8.35. The van der Waals surface area contributed by atoms with Gasteiger partial charge < -0.3 is 0 Å². The zero-order valence-corrected chi connectivity index (χ0v) is 11.8. The van der Waals surface area contributed by atoms with Gasteiger partial charge in [-0.05, 0) is 43.7 Å². The molecule has 0 spiro atoms. The minimum atomic E-state index is -3.24. The first-order chi connectivity index (χ1) is 9.09. The summed E-state index contributed by atoms with van der Waals surface area (Å²) in [5.74, 6) is 0. The second-order valence-electron chi connectivity index (χ2n) is 5.46. The van der Waals surface area contributed by atoms with Crippen LogP contribution in [-0.4, -0.2) is 20.2 Å². The summed E-state index contributed by atoms with van der Waals surface area (Å²) in [6.07, 6.45) is 4.13. The van der Waals surface area contributed by atoms with Crippen LogP contribution >= 0.6 is 0 Å². The minimum Gasteiger partial charge on any atom is -0.269 e. The van der Waals surface area contributed by atoms with Gasteiger partial charge in [-0.25, -0.2) is 8.42 Å². The maximum atomic E-state index is 12.8. The molecular formula is C15H19NO2S. The van der Waals surface area contributed by atoms with E-state index in [0.717, 1.165) is 42.5 Å². The molecule has 19 heavy (non-hydrogen) atoms. The third kappa shape index (κ3) is 2.18. The first kappa shape index (κ1) is 12.7. The molecule has 1 unspecified atom stereocenters. The molecular weight excluding hydrogens is 258 g/mol. The van der Waals surface area contributed by atoms with Crippen LogP contribution in [-0.2, 0) is 16.4 Å². The van der Waals surface area contributed by atoms with Crippen molar-refractivity contribution in [1.29, 1.82) is 0 Å². The molecule has 0 N–H and O–H groups in total. The smallest absolute Gasteiger partial charge is 0.238 e. The highest BCUT2D eigenvalue weighted by molar-refractivity contribution is 7.93. The largest absolute Gasteiger partial charge is 0.269 e. The van der Waals surface area contributed by atoms with Crippen LogP contribution in [0.4, 0.5) is 5.69 Å². The lowest BCUT2D eigenvalue weighted by atomic mass is 9.96. The van der Waals surface area contributed by atoms with Gasteiger partial charge in [-0.2, -0.15) is 0 Å². The van der Waals surface area contributed by atoms with Crippen molar-refractivity contribution in [2.24, 2.45) is 0 Å². The number of hydrogen-bond acceptors (Lipinski definition) is 2. The molecule has 3 rings (SSSR count). The SMILES string of the molecule is C=C1CCCC(S(=O)(=O)N2CCc3ccccc32)C1. The maximum absolute atomic E-state index is 12.8. The molecule has 1 saturated carbocycles. The number of sulfonamides is 1. The van der Waals surface area contributed by atoms with Crippen LogP contribution in [0, 0.1) is 0 Å². The van der Waals surface area contributed by atoms with Crippen molar-refractivity contribution in [2.45, 2.75) is 37.4 Å². The highest BCUT2D eigenvalue weighted by atomic mass is 32.2. The molecule has 1 heterocycles. The van der Waals surface area contributed by atoms with E-state index in [-0.39, 0.29) is 5.25 Å². The van der Waals surface area contributed by atoms with Crippen LogP contribution in [0.15, 0.2) is 36.4 Å². The summed E-state index contributed by atoms with van der Waals surface area (Å²) in [7, 11) is -3.24. The number of benzene rings is 1. The van der Waals surface area contributed by atoms with Gasteiger partial charge in [-0.3, -0.25) is 4.31 Å². The standard InChI is InChI=1S/C15H19NO2S/c1-12-5-4-7-14(11-12)19(17,18)16-10-9-13-6-2-3-8-15(13)16/h2-3,6,8,14H,1,4-5,7,9-11H2. The fraction of sp³-hybridized carbons (Fsp3) is 0.467. The molecule has 1 aliphatic heterocycles. The van der Waals surface area contributed by atoms with Gasteiger partial charge >= 0.3 is 0 Å². The van der Waals surface area contributed by atoms with Gasteiger partial charge in [0.2, 0.25) is 10.0 Å². The van der Waals surface area contributed by atoms with E-state index in [1.165, 1.54) is 0 Å². The molecule has 1 aliphatic carbocycles. The van der Waals surface area contributed by atoms with Gasteiger partial charge in [0.15, 0.2) is 0 Å². The Morgan fingerprint density at radius 2 is 2.00 bits per heavy atom. The Hall–Kier alpha value is -1.29. The third-order valence-corrected chi connectivity index (χ3v) is 6.38. The second-order valence-corrected chi connectivity index (χ2v) is 7.60. The fourth-order valence-corrected chi connectivity index (χ4v) is 5.18. The number of rotatable bonds is 2. The van der Waals surface area contributed by atoms with Crippen molar-refractivity contribution in [3.05, 3.63) is 42.0 Å². The Labute approximate surface area is 115 Å². The number of nitrogens with zero attached hydrogens (tertiary/aromatic N) is 1. The Morgan fingerprint density at radius 1 is 1.21 bits per heavy atom. The van der Waals surface area contributed by atoms with Crippen LogP contribution in [0.25, 0.3) is 0 Å². The zero-order valence-electron chi connectivity index (χ0n) is 11.0. The average Bonchev–Trinajstić information content (AvgIpc) is 2.83. The Morgan fingerprint density at radius 3 is 2.79 bits per heavy atom. The summed E-state index contributed by atoms with van der Waals surface area (Å²) in [5, 5.41) is -0.278. The Balaban J connectivity index is 1.92. The average molecular weight is 277 g/mol. The van der Waals surface area contributed by atoms with Crippen molar-refractivity contribution in [2.75, 3.05) is 10.8 Å². The van der Waals surface area contributed by atoms with E-state index < -0.39 is 10.0 Å². The molecule has 102 valence electrons. The molecule has 4 heteroatoms. The maximum Gasteiger partial charge on any atom is 0.238 e. The molecule has 1 fully saturated rings. The molecule has 1 atom stereocenters. The molecule has 0 saturated heterocycles. The highest BCUT2D eigenvalue weighted by Gasteiger charge is 2.36. The number of hydrogen-bond donors (Lipinski definition) is 0. The van der Waals surface area contributed by atoms with Crippen molar-refractivity contribution in [3.8, 4) is 0 Å². The van der Waals surface area contributed by atoms with E-state index in [1.807, 2.05) is 24.3 Å². The van der Waals surface area contributed by atoms with Crippen molar-refractivity contribution < 1.29 is 8.42 Å². The van der Waals surface area contributed by atoms with E-state index >= 15 is 0 Å². The monoisotopic (exact) mass is 277 g/mol. The molecule has 0 radical (unpaired) electrons. The topological polar surface area (TPSA) is 37.4 Å². The van der Waals surface area contributed by atoms with Crippen LogP contribution < -0.4 is 4.31 Å². The van der Waals surface area contributed by atoms with Crippen LogP contribution in [0.5, 0.6) is 0 Å². The fourth-order valence-electron chi connectivity index (χ4n) is 3.11. The van der Waals surface area contributed by atoms with Crippen LogP contribution in [0.2, 0.25) is 0 Å². The zero-order chi connectivity index (χ0) is 13.5. The van der Waals surface area contributed by atoms with Crippen LogP contribution in [0.3, 0.4) is 0 Å². The number of para-hydroxylation sites is 1. The summed E-state index contributed by atoms with van der Waals surface area (Å²) in [4.78, 5) is 0. The molecule has 1 aromatic rings. The quantitative estimate of drug-likeness (QED) is 0.780. The summed E-state index contributed by atoms with van der Waals surface area (Å²) >= 11 is 0. The first-order valence-electron chi connectivity index (χ1n) is 6.85. The summed E-state index contributed by atoms with van der Waals surface area (Å²) < 4.78 is 27.2. The van der Waals surface area contributed by atoms with E-state index in [1.54, 1.807) is 4.31 Å². The summed E-state index contributed by atoms with van der Waals surface area (Å²) in [6, 6.07) is 7.81. The molecule has 2 aliphatic rings. The van der Waals surface area contributed by atoms with Gasteiger partial charge in [0.05, 0.1) is 10.9 Å². The lowest BCUT2D eigenvalue weighted by Crippen LogP contribution is -2.39. The van der Waals surface area contributed by atoms with E-state index in [9.17, 15) is 8.42 Å². The van der Waals surface area contributed by atoms with E-state index in [4.69, 9.17) is 0 Å². The van der Waals surface area contributed by atoms with Crippen LogP contribution in [0.1, 0.15) is 31.2 Å². The highest BCUT2D eigenvalue weighted by Crippen LogP contribution is 2.35. The van der Waals surface area contributed by atoms with Crippen molar-refractivity contribution in [3.63, 3.8) is 0 Å². The number of fused-ring (bicyclic) bond motifs is 1. The van der Waals surface area contributed by atoms with Crippen molar-refractivity contribution in [1.82, 2.24) is 0 Å². The summed E-state index contributed by atoms with van der Waals surface area (Å²) in [6.45, 7) is 4.55. The third-order valence-electron chi connectivity index (χ3n) is 4.15. The second kappa shape index (κ2) is 4.67. The minimum absolute atomic E-state index is 0.278. The number of anilines is 1.